The second-order valence-corrected chi connectivity index (χ2v) is 6.16. The molecule has 1 amide bonds. The Morgan fingerprint density at radius 3 is 3.12 bits per heavy atom. The smallest absolute Gasteiger partial charge is 0.245 e. The first kappa shape index (κ1) is 15.5. The van der Waals surface area contributed by atoms with Crippen LogP contribution in [0.1, 0.15) is 24.4 Å². The fourth-order valence-corrected chi connectivity index (χ4v) is 3.17. The van der Waals surface area contributed by atoms with Crippen molar-refractivity contribution in [3.63, 3.8) is 0 Å². The van der Waals surface area contributed by atoms with Gasteiger partial charge in [0.05, 0.1) is 17.6 Å². The molecule has 0 spiro atoms. The molecule has 0 aliphatic carbocycles. The second-order valence-electron chi connectivity index (χ2n) is 6.16. The molecule has 128 valence electrons. The Morgan fingerprint density at radius 1 is 1.32 bits per heavy atom. The topological polar surface area (TPSA) is 99.7 Å². The van der Waals surface area contributed by atoms with Crippen molar-refractivity contribution in [2.75, 3.05) is 11.9 Å². The van der Waals surface area contributed by atoms with Crippen LogP contribution in [0.4, 0.5) is 5.82 Å². The number of rotatable bonds is 4. The van der Waals surface area contributed by atoms with E-state index in [0.717, 1.165) is 36.1 Å². The first-order valence-corrected chi connectivity index (χ1v) is 8.32. The van der Waals surface area contributed by atoms with Gasteiger partial charge in [-0.15, -0.1) is 0 Å². The molecule has 3 aromatic rings. The Kier molecular flexibility index (Phi) is 4.01. The molecule has 25 heavy (non-hydrogen) atoms. The Bertz CT molecular complexity index is 907. The lowest BCUT2D eigenvalue weighted by atomic mass is 10.0. The van der Waals surface area contributed by atoms with Crippen LogP contribution in [0.3, 0.4) is 0 Å². The predicted octanol–water partition coefficient (Wildman–Crippen LogP) is 1.66. The van der Waals surface area contributed by atoms with Gasteiger partial charge >= 0.3 is 0 Å². The summed E-state index contributed by atoms with van der Waals surface area (Å²) in [6, 6.07) is 3.47. The Balaban J connectivity index is 1.51. The van der Waals surface area contributed by atoms with Crippen LogP contribution >= 0.6 is 0 Å². The third kappa shape index (κ3) is 3.15. The van der Waals surface area contributed by atoms with Gasteiger partial charge < -0.3 is 15.2 Å². The highest BCUT2D eigenvalue weighted by molar-refractivity contribution is 5.91. The van der Waals surface area contributed by atoms with Crippen LogP contribution in [-0.2, 0) is 11.3 Å². The van der Waals surface area contributed by atoms with E-state index >= 15 is 0 Å². The van der Waals surface area contributed by atoms with Gasteiger partial charge in [-0.2, -0.15) is 0 Å². The fourth-order valence-electron chi connectivity index (χ4n) is 3.17. The molecule has 1 fully saturated rings. The van der Waals surface area contributed by atoms with Gasteiger partial charge in [0.2, 0.25) is 5.91 Å². The Labute approximate surface area is 144 Å². The summed E-state index contributed by atoms with van der Waals surface area (Å²) in [7, 11) is 0. The number of aromatic nitrogens is 5. The molecule has 8 heteroatoms. The zero-order valence-electron chi connectivity index (χ0n) is 13.9. The highest BCUT2D eigenvalue weighted by atomic mass is 16.2. The standard InChI is InChI=1S/C17H19N7O/c1-11-18-6-4-12(22-11)9-24-8-2-3-14(17(24)25)23-16-13-5-7-19-15(13)20-10-21-16/h4-7,10,14H,2-3,8-9H2,1H3,(H2,19,20,21,23). The number of aryl methyl sites for hydroxylation is 1. The number of likely N-dealkylation sites (tertiary alicyclic amines) is 1. The van der Waals surface area contributed by atoms with E-state index in [1.807, 2.05) is 30.2 Å². The number of hydrogen-bond acceptors (Lipinski definition) is 6. The highest BCUT2D eigenvalue weighted by Gasteiger charge is 2.29. The van der Waals surface area contributed by atoms with Gasteiger partial charge in [0, 0.05) is 18.9 Å². The van der Waals surface area contributed by atoms with Gasteiger partial charge in [0.25, 0.3) is 0 Å². The minimum Gasteiger partial charge on any atom is -0.358 e. The fraction of sp³-hybridized carbons (Fsp3) is 0.353. The predicted molar refractivity (Wildman–Crippen MR) is 92.7 cm³/mol. The monoisotopic (exact) mass is 337 g/mol. The quantitative estimate of drug-likeness (QED) is 0.751. The summed E-state index contributed by atoms with van der Waals surface area (Å²) < 4.78 is 0. The normalized spacial score (nSPS) is 17.9. The molecular weight excluding hydrogens is 318 g/mol. The van der Waals surface area contributed by atoms with Crippen LogP contribution in [0, 0.1) is 6.92 Å². The third-order valence-corrected chi connectivity index (χ3v) is 4.38. The van der Waals surface area contributed by atoms with Crippen molar-refractivity contribution in [3.05, 3.63) is 42.4 Å². The van der Waals surface area contributed by atoms with E-state index in [9.17, 15) is 4.79 Å². The van der Waals surface area contributed by atoms with Crippen LogP contribution < -0.4 is 5.32 Å². The van der Waals surface area contributed by atoms with Crippen molar-refractivity contribution >= 4 is 22.8 Å². The number of amides is 1. The molecule has 2 N–H and O–H groups in total. The Hall–Kier alpha value is -3.03. The van der Waals surface area contributed by atoms with E-state index in [0.29, 0.717) is 18.2 Å². The average molecular weight is 337 g/mol. The van der Waals surface area contributed by atoms with E-state index in [1.54, 1.807) is 6.20 Å². The third-order valence-electron chi connectivity index (χ3n) is 4.38. The molecule has 1 unspecified atom stereocenters. The highest BCUT2D eigenvalue weighted by Crippen LogP contribution is 2.22. The first-order valence-electron chi connectivity index (χ1n) is 8.32. The minimum atomic E-state index is -0.287. The molecule has 1 aliphatic rings. The molecule has 0 bridgehead atoms. The molecule has 0 radical (unpaired) electrons. The number of H-pyrrole nitrogens is 1. The van der Waals surface area contributed by atoms with Gasteiger partial charge in [-0.25, -0.2) is 19.9 Å². The molecule has 4 heterocycles. The maximum Gasteiger partial charge on any atom is 0.245 e. The number of nitrogens with one attached hydrogen (secondary N) is 2. The molecule has 4 rings (SSSR count). The molecule has 1 saturated heterocycles. The summed E-state index contributed by atoms with van der Waals surface area (Å²) in [4.78, 5) is 34.7. The molecule has 1 atom stereocenters. The average Bonchev–Trinajstić information content (AvgIpc) is 3.08. The van der Waals surface area contributed by atoms with Crippen molar-refractivity contribution in [2.24, 2.45) is 0 Å². The van der Waals surface area contributed by atoms with Crippen LogP contribution in [0.2, 0.25) is 0 Å². The van der Waals surface area contributed by atoms with Gasteiger partial charge in [-0.3, -0.25) is 4.79 Å². The van der Waals surface area contributed by atoms with Crippen molar-refractivity contribution in [2.45, 2.75) is 32.4 Å². The molecular formula is C17H19N7O. The largest absolute Gasteiger partial charge is 0.358 e. The van der Waals surface area contributed by atoms with Crippen LogP contribution in [0.25, 0.3) is 11.0 Å². The van der Waals surface area contributed by atoms with Crippen molar-refractivity contribution in [1.82, 2.24) is 29.8 Å². The number of piperidine rings is 1. The summed E-state index contributed by atoms with van der Waals surface area (Å²) in [5.41, 5.74) is 1.62. The van der Waals surface area contributed by atoms with Crippen LogP contribution in [-0.4, -0.2) is 48.3 Å². The van der Waals surface area contributed by atoms with E-state index in [1.165, 1.54) is 6.33 Å². The number of hydrogen-bond donors (Lipinski definition) is 2. The maximum atomic E-state index is 12.9. The Morgan fingerprint density at radius 2 is 2.24 bits per heavy atom. The van der Waals surface area contributed by atoms with E-state index in [2.05, 4.69) is 30.2 Å². The number of carbonyl (C=O) groups excluding carboxylic acids is 1. The lowest BCUT2D eigenvalue weighted by molar-refractivity contribution is -0.134. The lowest BCUT2D eigenvalue weighted by Crippen LogP contribution is -2.47. The molecule has 3 aromatic heterocycles. The number of fused-ring (bicyclic) bond motifs is 1. The first-order chi connectivity index (χ1) is 12.2. The van der Waals surface area contributed by atoms with Crippen molar-refractivity contribution < 1.29 is 4.79 Å². The summed E-state index contributed by atoms with van der Waals surface area (Å²) in [6.07, 6.45) is 6.76. The van der Waals surface area contributed by atoms with Crippen LogP contribution in [0.15, 0.2) is 30.9 Å². The molecule has 8 nitrogen and oxygen atoms in total. The molecule has 0 saturated carbocycles. The van der Waals surface area contributed by atoms with E-state index < -0.39 is 0 Å². The summed E-state index contributed by atoms with van der Waals surface area (Å²) in [5, 5.41) is 4.18. The molecule has 1 aliphatic heterocycles. The summed E-state index contributed by atoms with van der Waals surface area (Å²) in [5.74, 6) is 1.47. The summed E-state index contributed by atoms with van der Waals surface area (Å²) >= 11 is 0. The number of carbonyl (C=O) groups is 1. The van der Waals surface area contributed by atoms with Gasteiger partial charge in [0.1, 0.15) is 29.7 Å². The van der Waals surface area contributed by atoms with Crippen molar-refractivity contribution in [3.8, 4) is 0 Å². The minimum absolute atomic E-state index is 0.0739. The van der Waals surface area contributed by atoms with Gasteiger partial charge in [0.15, 0.2) is 0 Å². The van der Waals surface area contributed by atoms with E-state index in [4.69, 9.17) is 0 Å². The zero-order valence-corrected chi connectivity index (χ0v) is 13.9. The zero-order chi connectivity index (χ0) is 17.2. The number of nitrogens with zero attached hydrogens (tertiary/aromatic N) is 5. The SMILES string of the molecule is Cc1nccc(CN2CCCC(Nc3ncnc4[nH]ccc34)C2=O)n1. The van der Waals surface area contributed by atoms with Gasteiger partial charge in [-0.1, -0.05) is 0 Å². The molecule has 0 aromatic carbocycles. The maximum absolute atomic E-state index is 12.9. The second kappa shape index (κ2) is 6.46. The summed E-state index contributed by atoms with van der Waals surface area (Å²) in [6.45, 7) is 3.09. The van der Waals surface area contributed by atoms with Crippen LogP contribution in [0.5, 0.6) is 0 Å². The van der Waals surface area contributed by atoms with E-state index in [-0.39, 0.29) is 11.9 Å². The van der Waals surface area contributed by atoms with Crippen molar-refractivity contribution in [1.29, 1.82) is 0 Å². The lowest BCUT2D eigenvalue weighted by Gasteiger charge is -2.32. The number of anilines is 1. The van der Waals surface area contributed by atoms with Gasteiger partial charge in [-0.05, 0) is 31.9 Å². The number of aromatic amines is 1.